The van der Waals surface area contributed by atoms with Crippen LogP contribution in [0.5, 0.6) is 0 Å². The Bertz CT molecular complexity index is 588. The summed E-state index contributed by atoms with van der Waals surface area (Å²) in [5.41, 5.74) is 0.243. The topological polar surface area (TPSA) is 55.1 Å². The van der Waals surface area contributed by atoms with E-state index >= 15 is 0 Å². The van der Waals surface area contributed by atoms with E-state index in [9.17, 15) is 9.18 Å². The van der Waals surface area contributed by atoms with Gasteiger partial charge in [0.2, 0.25) is 0 Å². The van der Waals surface area contributed by atoms with Crippen molar-refractivity contribution in [3.05, 3.63) is 41.4 Å². The number of carboxylic acid groups (broad SMARTS) is 1. The molecule has 0 fully saturated rings. The second kappa shape index (κ2) is 5.41. The number of thioether (sulfide) groups is 1. The highest BCUT2D eigenvalue weighted by Gasteiger charge is 2.11. The Morgan fingerprint density at radius 1 is 1.56 bits per heavy atom. The molecule has 1 aromatic heterocycles. The van der Waals surface area contributed by atoms with Gasteiger partial charge in [-0.2, -0.15) is 0 Å². The Hall–Kier alpha value is -1.53. The first-order valence-electron chi connectivity index (χ1n) is 4.91. The minimum Gasteiger partial charge on any atom is -0.481 e. The fraction of sp³-hybridized carbons (Fsp3) is 0.0909. The second-order valence-corrected chi connectivity index (χ2v) is 4.74. The molecule has 0 aliphatic heterocycles. The van der Waals surface area contributed by atoms with Gasteiger partial charge in [0.15, 0.2) is 5.16 Å². The fourth-order valence-electron chi connectivity index (χ4n) is 1.38. The van der Waals surface area contributed by atoms with Gasteiger partial charge in [0.1, 0.15) is 5.82 Å². The Balaban J connectivity index is 2.36. The zero-order valence-corrected chi connectivity index (χ0v) is 10.6. The lowest BCUT2D eigenvalue weighted by Crippen LogP contribution is -2.02. The summed E-state index contributed by atoms with van der Waals surface area (Å²) in [7, 11) is 0. The van der Waals surface area contributed by atoms with Crippen LogP contribution in [-0.4, -0.2) is 26.4 Å². The molecule has 1 heterocycles. The van der Waals surface area contributed by atoms with Crippen molar-refractivity contribution in [1.29, 1.82) is 0 Å². The van der Waals surface area contributed by atoms with Crippen molar-refractivity contribution in [3.8, 4) is 5.69 Å². The van der Waals surface area contributed by atoms with E-state index in [2.05, 4.69) is 4.98 Å². The van der Waals surface area contributed by atoms with E-state index in [1.807, 2.05) is 0 Å². The number of hydrogen-bond acceptors (Lipinski definition) is 3. The predicted octanol–water partition coefficient (Wildman–Crippen LogP) is 2.84. The number of hydrogen-bond donors (Lipinski definition) is 1. The number of imidazole rings is 1. The van der Waals surface area contributed by atoms with E-state index < -0.39 is 11.8 Å². The molecule has 0 saturated carbocycles. The van der Waals surface area contributed by atoms with Crippen LogP contribution >= 0.6 is 23.4 Å². The van der Waals surface area contributed by atoms with E-state index in [0.29, 0.717) is 10.2 Å². The highest BCUT2D eigenvalue weighted by molar-refractivity contribution is 7.99. The maximum atomic E-state index is 13.7. The molecule has 0 aliphatic carbocycles. The molecular weight excluding hydrogens is 279 g/mol. The zero-order valence-electron chi connectivity index (χ0n) is 9.01. The second-order valence-electron chi connectivity index (χ2n) is 3.36. The molecule has 0 saturated heterocycles. The van der Waals surface area contributed by atoms with Crippen LogP contribution in [-0.2, 0) is 4.79 Å². The van der Waals surface area contributed by atoms with Gasteiger partial charge in [-0.1, -0.05) is 23.4 Å². The van der Waals surface area contributed by atoms with Crippen molar-refractivity contribution >= 4 is 29.3 Å². The first-order chi connectivity index (χ1) is 8.58. The fourth-order valence-corrected chi connectivity index (χ4v) is 2.23. The van der Waals surface area contributed by atoms with Crippen LogP contribution in [0.3, 0.4) is 0 Å². The average molecular weight is 287 g/mol. The largest absolute Gasteiger partial charge is 0.481 e. The van der Waals surface area contributed by atoms with E-state index in [0.717, 1.165) is 11.8 Å². The van der Waals surface area contributed by atoms with Crippen LogP contribution in [0.4, 0.5) is 4.39 Å². The number of rotatable bonds is 4. The third-order valence-corrected chi connectivity index (χ3v) is 3.29. The number of aromatic nitrogens is 2. The van der Waals surface area contributed by atoms with Crippen molar-refractivity contribution in [3.63, 3.8) is 0 Å². The molecule has 7 heteroatoms. The van der Waals surface area contributed by atoms with Crippen LogP contribution < -0.4 is 0 Å². The minimum absolute atomic E-state index is 0.140. The summed E-state index contributed by atoms with van der Waals surface area (Å²) in [6.07, 6.45) is 3.03. The Labute approximate surface area is 111 Å². The van der Waals surface area contributed by atoms with Crippen molar-refractivity contribution in [2.24, 2.45) is 0 Å². The number of nitrogens with zero attached hydrogens (tertiary/aromatic N) is 2. The van der Waals surface area contributed by atoms with Crippen LogP contribution in [0.25, 0.3) is 5.69 Å². The third-order valence-electron chi connectivity index (χ3n) is 2.10. The van der Waals surface area contributed by atoms with Crippen LogP contribution in [0.15, 0.2) is 35.7 Å². The first-order valence-corrected chi connectivity index (χ1v) is 6.27. The highest BCUT2D eigenvalue weighted by atomic mass is 35.5. The number of aliphatic carboxylic acids is 1. The molecule has 0 bridgehead atoms. The molecule has 94 valence electrons. The molecular formula is C11H8ClFN2O2S. The lowest BCUT2D eigenvalue weighted by molar-refractivity contribution is -0.133. The van der Waals surface area contributed by atoms with Crippen LogP contribution in [0.2, 0.25) is 5.02 Å². The molecule has 1 aromatic carbocycles. The van der Waals surface area contributed by atoms with Gasteiger partial charge in [-0.25, -0.2) is 9.37 Å². The summed E-state index contributed by atoms with van der Waals surface area (Å²) in [5, 5.41) is 9.42. The standard InChI is InChI=1S/C11H8ClFN2O2S/c12-7-1-2-8(13)9(5-7)15-4-3-14-11(15)18-6-10(16)17/h1-5H,6H2,(H,16,17). The normalized spacial score (nSPS) is 10.6. The summed E-state index contributed by atoms with van der Waals surface area (Å²) < 4.78 is 15.1. The Morgan fingerprint density at radius 3 is 3.06 bits per heavy atom. The lowest BCUT2D eigenvalue weighted by atomic mass is 10.3. The van der Waals surface area contributed by atoms with E-state index in [1.165, 1.54) is 29.0 Å². The molecule has 0 radical (unpaired) electrons. The van der Waals surface area contributed by atoms with E-state index in [4.69, 9.17) is 16.7 Å². The van der Waals surface area contributed by atoms with Gasteiger partial charge >= 0.3 is 5.97 Å². The summed E-state index contributed by atoms with van der Waals surface area (Å²) in [5.74, 6) is -1.55. The molecule has 4 nitrogen and oxygen atoms in total. The van der Waals surface area contributed by atoms with Crippen molar-refractivity contribution in [2.75, 3.05) is 5.75 Å². The van der Waals surface area contributed by atoms with Gasteiger partial charge in [0, 0.05) is 17.4 Å². The summed E-state index contributed by atoms with van der Waals surface area (Å²) in [6.45, 7) is 0. The van der Waals surface area contributed by atoms with Gasteiger partial charge in [-0.05, 0) is 18.2 Å². The van der Waals surface area contributed by atoms with Crippen molar-refractivity contribution in [1.82, 2.24) is 9.55 Å². The summed E-state index contributed by atoms with van der Waals surface area (Å²) in [6, 6.07) is 4.16. The van der Waals surface area contributed by atoms with Crippen LogP contribution in [0, 0.1) is 5.82 Å². The summed E-state index contributed by atoms with van der Waals surface area (Å²) in [4.78, 5) is 14.5. The van der Waals surface area contributed by atoms with E-state index in [-0.39, 0.29) is 11.4 Å². The number of benzene rings is 1. The van der Waals surface area contributed by atoms with Crippen molar-refractivity contribution in [2.45, 2.75) is 5.16 Å². The molecule has 2 rings (SSSR count). The molecule has 0 atom stereocenters. The molecule has 2 aromatic rings. The molecule has 1 N–H and O–H groups in total. The van der Waals surface area contributed by atoms with Crippen LogP contribution in [0.1, 0.15) is 0 Å². The zero-order chi connectivity index (χ0) is 13.1. The smallest absolute Gasteiger partial charge is 0.313 e. The quantitative estimate of drug-likeness (QED) is 0.878. The monoisotopic (exact) mass is 286 g/mol. The Morgan fingerprint density at radius 2 is 2.33 bits per heavy atom. The molecule has 18 heavy (non-hydrogen) atoms. The molecule has 0 amide bonds. The SMILES string of the molecule is O=C(O)CSc1nccn1-c1cc(Cl)ccc1F. The Kier molecular flexibility index (Phi) is 3.88. The van der Waals surface area contributed by atoms with Gasteiger partial charge in [-0.3, -0.25) is 9.36 Å². The average Bonchev–Trinajstić information content (AvgIpc) is 2.77. The molecule has 0 spiro atoms. The third kappa shape index (κ3) is 2.83. The number of carbonyl (C=O) groups is 1. The minimum atomic E-state index is -0.957. The van der Waals surface area contributed by atoms with Crippen molar-refractivity contribution < 1.29 is 14.3 Å². The van der Waals surface area contributed by atoms with Gasteiger partial charge in [0.05, 0.1) is 11.4 Å². The predicted molar refractivity (Wildman–Crippen MR) is 66.9 cm³/mol. The van der Waals surface area contributed by atoms with Gasteiger partial charge in [-0.15, -0.1) is 0 Å². The highest BCUT2D eigenvalue weighted by Crippen LogP contribution is 2.24. The summed E-state index contributed by atoms with van der Waals surface area (Å²) >= 11 is 6.83. The maximum absolute atomic E-state index is 13.7. The maximum Gasteiger partial charge on any atom is 0.313 e. The number of halogens is 2. The van der Waals surface area contributed by atoms with E-state index in [1.54, 1.807) is 6.20 Å². The lowest BCUT2D eigenvalue weighted by Gasteiger charge is -2.08. The first kappa shape index (κ1) is 12.9. The van der Waals surface area contributed by atoms with Gasteiger partial charge < -0.3 is 5.11 Å². The number of carboxylic acids is 1. The molecule has 0 aliphatic rings. The van der Waals surface area contributed by atoms with Gasteiger partial charge in [0.25, 0.3) is 0 Å². The molecule has 0 unspecified atom stereocenters.